The van der Waals surface area contributed by atoms with Crippen LogP contribution in [0, 0.1) is 0 Å². The van der Waals surface area contributed by atoms with Crippen LogP contribution in [-0.4, -0.2) is 25.8 Å². The predicted molar refractivity (Wildman–Crippen MR) is 41.5 cm³/mol. The average molecular weight is 451 g/mol. The summed E-state index contributed by atoms with van der Waals surface area (Å²) in [6, 6.07) is 0. The molecule has 7 heavy (non-hydrogen) atoms. The molecule has 0 spiro atoms. The van der Waals surface area contributed by atoms with E-state index in [-0.39, 0.29) is 101 Å². The number of hydrogen-bond acceptors (Lipinski definition) is 5. The summed E-state index contributed by atoms with van der Waals surface area (Å²) in [6.07, 6.45) is 0. The molecule has 0 amide bonds. The molecular formula is H4MoOPbS4. The van der Waals surface area contributed by atoms with Crippen LogP contribution < -0.4 is 0 Å². The van der Waals surface area contributed by atoms with E-state index in [1.165, 1.54) is 0 Å². The van der Waals surface area contributed by atoms with Crippen molar-refractivity contribution in [1.29, 1.82) is 0 Å². The fourth-order valence-corrected chi connectivity index (χ4v) is 0. The molecular weight excluding hydrogens is 447 g/mol. The van der Waals surface area contributed by atoms with Gasteiger partial charge in [0.25, 0.3) is 0 Å². The van der Waals surface area contributed by atoms with Crippen LogP contribution in [0.2, 0.25) is 0 Å². The van der Waals surface area contributed by atoms with Crippen molar-refractivity contribution in [3.8, 4) is 0 Å². The zero-order valence-electron chi connectivity index (χ0n) is 3.11. The summed E-state index contributed by atoms with van der Waals surface area (Å²) in [5, 5.41) is 0. The van der Waals surface area contributed by atoms with Crippen molar-refractivity contribution in [2.75, 3.05) is 0 Å². The second kappa shape index (κ2) is 68.0. The Morgan fingerprint density at radius 2 is 0.714 bits per heavy atom. The van der Waals surface area contributed by atoms with Gasteiger partial charge in [-0.15, -0.1) is 0 Å². The third-order valence-electron chi connectivity index (χ3n) is 0. The quantitative estimate of drug-likeness (QED) is 0.251. The fraction of sp³-hybridized carbons (Fsp3) is 0. The van der Waals surface area contributed by atoms with Crippen LogP contribution >= 0.6 is 0 Å². The molecule has 0 saturated carbocycles. The minimum atomic E-state index is 0. The van der Waals surface area contributed by atoms with Gasteiger partial charge in [-0.2, -0.15) is 0 Å². The second-order valence-electron chi connectivity index (χ2n) is 0. The van der Waals surface area contributed by atoms with E-state index in [0.717, 1.165) is 0 Å². The molecule has 0 aromatic heterocycles. The van der Waals surface area contributed by atoms with Crippen molar-refractivity contribution >= 4 is 79.8 Å². The van der Waals surface area contributed by atoms with Crippen molar-refractivity contribution in [2.24, 2.45) is 0 Å². The molecule has 0 N–H and O–H groups in total. The van der Waals surface area contributed by atoms with Gasteiger partial charge < -0.3 is 54.0 Å². The van der Waals surface area contributed by atoms with Gasteiger partial charge in [-0.3, -0.25) is 0 Å². The molecule has 0 fully saturated rings. The Hall–Kier alpha value is 2.81. The van der Waals surface area contributed by atoms with Crippen molar-refractivity contribution in [3.05, 3.63) is 0 Å². The molecule has 0 aliphatic carbocycles. The summed E-state index contributed by atoms with van der Waals surface area (Å²) in [4.78, 5) is 0. The molecule has 0 unspecified atom stereocenters. The maximum atomic E-state index is 8.39. The molecule has 1 nitrogen and oxygen atoms in total. The van der Waals surface area contributed by atoms with Gasteiger partial charge in [0.2, 0.25) is 0 Å². The fourth-order valence-electron chi connectivity index (χ4n) is 0. The number of hydrogen-bond donors (Lipinski definition) is 0. The van der Waals surface area contributed by atoms with E-state index in [9.17, 15) is 0 Å². The smallest absolute Gasteiger partial charge is 0.813 e. The largest absolute Gasteiger partial charge is 0.813 e. The summed E-state index contributed by atoms with van der Waals surface area (Å²) in [5.41, 5.74) is 0. The average Bonchev–Trinajstić information content (AvgIpc) is 1.00. The minimum Gasteiger partial charge on any atom is -0.813 e. The van der Waals surface area contributed by atoms with Crippen LogP contribution in [0.5, 0.6) is 0 Å². The summed E-state index contributed by atoms with van der Waals surface area (Å²) >= 11 is 0.0556. The second-order valence-corrected chi connectivity index (χ2v) is 0. The predicted octanol–water partition coefficient (Wildman–Crippen LogP) is -1.58. The van der Waals surface area contributed by atoms with Crippen molar-refractivity contribution in [2.45, 2.75) is 0 Å². The molecule has 0 heterocycles. The third kappa shape index (κ3) is 51.7. The Bertz CT molecular complexity index is 11.7. The minimum absolute atomic E-state index is 0. The van der Waals surface area contributed by atoms with E-state index in [1.54, 1.807) is 0 Å². The van der Waals surface area contributed by atoms with Crippen LogP contribution in [0.4, 0.5) is 0 Å². The van der Waals surface area contributed by atoms with Crippen molar-refractivity contribution in [1.82, 2.24) is 0 Å². The first-order valence-corrected chi connectivity index (χ1v) is 1.79. The Balaban J connectivity index is -0.000000000500. The van der Waals surface area contributed by atoms with E-state index in [2.05, 4.69) is 0 Å². The molecule has 2 radical (unpaired) electrons. The monoisotopic (exact) mass is 454 g/mol. The molecule has 0 aliphatic rings. The van der Waals surface area contributed by atoms with Gasteiger partial charge in [-0.25, -0.2) is 0 Å². The van der Waals surface area contributed by atoms with Crippen LogP contribution in [0.1, 0.15) is 0 Å². The first kappa shape index (κ1) is 52.4. The van der Waals surface area contributed by atoms with Gasteiger partial charge in [-0.1, -0.05) is 0 Å². The first-order valence-electron chi connectivity index (χ1n) is 0.204. The zero-order valence-corrected chi connectivity index (χ0v) is 12.6. The first-order chi connectivity index (χ1) is 1.00. The molecule has 0 aliphatic heterocycles. The van der Waals surface area contributed by atoms with Gasteiger partial charge in [0.1, 0.15) is 0 Å². The Labute approximate surface area is 102 Å². The van der Waals surface area contributed by atoms with Crippen LogP contribution in [0.25, 0.3) is 0 Å². The molecule has 44 valence electrons. The summed E-state index contributed by atoms with van der Waals surface area (Å²) in [6.45, 7) is 0. The molecule has 0 aromatic carbocycles. The van der Waals surface area contributed by atoms with Crippen LogP contribution in [0.3, 0.4) is 0 Å². The van der Waals surface area contributed by atoms with E-state index in [0.29, 0.717) is 0 Å². The van der Waals surface area contributed by atoms with E-state index in [4.69, 9.17) is 2.69 Å². The van der Waals surface area contributed by atoms with Crippen LogP contribution in [0.15, 0.2) is 0 Å². The van der Waals surface area contributed by atoms with Gasteiger partial charge in [0, 0.05) is 0 Å². The SMILES string of the molecule is [Mo+4].[O]=[Pb].[SH-].[SH-].[SH-].[SH-]. The van der Waals surface area contributed by atoms with Gasteiger partial charge in [0.05, 0.1) is 0 Å². The van der Waals surface area contributed by atoms with Crippen molar-refractivity contribution < 1.29 is 23.8 Å². The standard InChI is InChI=1S/Mo.O.Pb.4H2S/h;;;4*1H2/q+4;;;;;;/p-4. The Morgan fingerprint density at radius 1 is 0.714 bits per heavy atom. The van der Waals surface area contributed by atoms with Gasteiger partial charge >= 0.3 is 49.5 Å². The number of rotatable bonds is 0. The summed E-state index contributed by atoms with van der Waals surface area (Å²) in [7, 11) is 0. The molecule has 0 saturated heterocycles. The van der Waals surface area contributed by atoms with E-state index < -0.39 is 0 Å². The Kier molecular flexibility index (Phi) is 510. The van der Waals surface area contributed by atoms with Gasteiger partial charge in [-0.05, 0) is 0 Å². The molecule has 0 atom stereocenters. The van der Waals surface area contributed by atoms with Crippen molar-refractivity contribution in [3.63, 3.8) is 0 Å². The van der Waals surface area contributed by atoms with Gasteiger partial charge in [0.15, 0.2) is 0 Å². The van der Waals surface area contributed by atoms with Crippen LogP contribution in [-0.2, 0) is 77.7 Å². The molecule has 0 aromatic rings. The molecule has 0 rings (SSSR count). The molecule has 7 heteroatoms. The van der Waals surface area contributed by atoms with E-state index >= 15 is 0 Å². The Morgan fingerprint density at radius 3 is 0.714 bits per heavy atom. The topological polar surface area (TPSA) is 17.1 Å². The normalized spacial score (nSPS) is 0.571. The third-order valence-corrected chi connectivity index (χ3v) is 0. The maximum absolute atomic E-state index is 8.39. The van der Waals surface area contributed by atoms with E-state index in [1.807, 2.05) is 0 Å². The maximum Gasteiger partial charge on any atom is -0.813 e. The summed E-state index contributed by atoms with van der Waals surface area (Å²) < 4.78 is 8.39. The zero-order chi connectivity index (χ0) is 2.00. The number of thiol groups is 4. The molecule has 0 bridgehead atoms. The summed E-state index contributed by atoms with van der Waals surface area (Å²) in [5.74, 6) is 0.